The third-order valence-electron chi connectivity index (χ3n) is 3.95. The number of nitrogens with one attached hydrogen (secondary N) is 1. The molecule has 152 valence electrons. The maximum atomic E-state index is 13.6. The molecule has 0 atom stereocenters. The molecular weight excluding hydrogens is 455 g/mol. The van der Waals surface area contributed by atoms with Crippen molar-refractivity contribution >= 4 is 34.0 Å². The summed E-state index contributed by atoms with van der Waals surface area (Å²) in [5.74, 6) is -1.30. The van der Waals surface area contributed by atoms with Crippen molar-refractivity contribution in [3.63, 3.8) is 0 Å². The Morgan fingerprint density at radius 2 is 1.83 bits per heavy atom. The molecule has 0 saturated carbocycles. The number of hydrazone groups is 1. The second kappa shape index (κ2) is 9.80. The number of carbonyl (C=O) groups is 2. The average molecular weight is 471 g/mol. The molecule has 0 radical (unpaired) electrons. The Hall–Kier alpha value is -3.52. The van der Waals surface area contributed by atoms with Gasteiger partial charge in [0.2, 0.25) is 0 Å². The molecule has 0 saturated heterocycles. The third kappa shape index (κ3) is 5.30. The molecule has 3 rings (SSSR count). The van der Waals surface area contributed by atoms with Gasteiger partial charge in [-0.3, -0.25) is 4.79 Å². The van der Waals surface area contributed by atoms with Crippen LogP contribution in [0.5, 0.6) is 11.5 Å². The van der Waals surface area contributed by atoms with Crippen molar-refractivity contribution in [2.45, 2.75) is 0 Å². The van der Waals surface area contributed by atoms with E-state index in [1.165, 1.54) is 31.5 Å². The van der Waals surface area contributed by atoms with E-state index in [0.29, 0.717) is 16.9 Å². The maximum Gasteiger partial charge on any atom is 0.343 e. The van der Waals surface area contributed by atoms with Crippen LogP contribution in [-0.4, -0.2) is 25.2 Å². The van der Waals surface area contributed by atoms with Crippen LogP contribution in [0.2, 0.25) is 0 Å². The van der Waals surface area contributed by atoms with E-state index in [9.17, 15) is 14.0 Å². The van der Waals surface area contributed by atoms with Crippen LogP contribution in [0.25, 0.3) is 0 Å². The van der Waals surface area contributed by atoms with Crippen LogP contribution in [-0.2, 0) is 0 Å². The van der Waals surface area contributed by atoms with Crippen molar-refractivity contribution in [2.75, 3.05) is 7.11 Å². The molecule has 0 aliphatic rings. The predicted molar refractivity (Wildman–Crippen MR) is 114 cm³/mol. The highest BCUT2D eigenvalue weighted by Gasteiger charge is 2.13. The molecule has 30 heavy (non-hydrogen) atoms. The number of methoxy groups -OCH3 is 1. The first-order valence-electron chi connectivity index (χ1n) is 8.71. The first-order chi connectivity index (χ1) is 14.5. The summed E-state index contributed by atoms with van der Waals surface area (Å²) in [6.07, 6.45) is 1.36. The smallest absolute Gasteiger partial charge is 0.343 e. The van der Waals surface area contributed by atoms with Crippen LogP contribution in [0.4, 0.5) is 4.39 Å². The van der Waals surface area contributed by atoms with E-state index < -0.39 is 17.7 Å². The third-order valence-corrected chi connectivity index (χ3v) is 4.44. The zero-order valence-electron chi connectivity index (χ0n) is 15.8. The normalized spacial score (nSPS) is 10.6. The summed E-state index contributed by atoms with van der Waals surface area (Å²) in [6.45, 7) is 0. The van der Waals surface area contributed by atoms with Gasteiger partial charge in [-0.2, -0.15) is 5.10 Å². The van der Waals surface area contributed by atoms with Gasteiger partial charge in [-0.05, 0) is 54.1 Å². The second-order valence-corrected chi connectivity index (χ2v) is 6.90. The zero-order chi connectivity index (χ0) is 21.5. The number of benzene rings is 3. The summed E-state index contributed by atoms with van der Waals surface area (Å²) in [6, 6.07) is 17.2. The molecule has 6 nitrogen and oxygen atoms in total. The minimum atomic E-state index is -0.670. The molecule has 8 heteroatoms. The molecule has 0 unspecified atom stereocenters. The maximum absolute atomic E-state index is 13.6. The fraction of sp³-hybridized carbons (Fsp3) is 0.0455. The lowest BCUT2D eigenvalue weighted by Crippen LogP contribution is -2.18. The van der Waals surface area contributed by atoms with E-state index in [1.807, 2.05) is 0 Å². The summed E-state index contributed by atoms with van der Waals surface area (Å²) in [5.41, 5.74) is 3.10. The summed E-state index contributed by atoms with van der Waals surface area (Å²) < 4.78 is 25.0. The fourth-order valence-electron chi connectivity index (χ4n) is 2.49. The molecule has 0 aliphatic carbocycles. The van der Waals surface area contributed by atoms with E-state index in [-0.39, 0.29) is 11.3 Å². The summed E-state index contributed by atoms with van der Waals surface area (Å²) in [7, 11) is 1.44. The van der Waals surface area contributed by atoms with E-state index in [2.05, 4.69) is 26.5 Å². The fourth-order valence-corrected chi connectivity index (χ4v) is 2.89. The van der Waals surface area contributed by atoms with Crippen LogP contribution in [0.15, 0.2) is 76.3 Å². The number of carbonyl (C=O) groups excluding carboxylic acids is 2. The summed E-state index contributed by atoms with van der Waals surface area (Å²) in [4.78, 5) is 24.3. The summed E-state index contributed by atoms with van der Waals surface area (Å²) in [5, 5.41) is 3.82. The van der Waals surface area contributed by atoms with Crippen molar-refractivity contribution in [1.29, 1.82) is 0 Å². The van der Waals surface area contributed by atoms with Gasteiger partial charge in [-0.25, -0.2) is 14.6 Å². The van der Waals surface area contributed by atoms with Crippen molar-refractivity contribution in [3.8, 4) is 11.5 Å². The average Bonchev–Trinajstić information content (AvgIpc) is 2.74. The van der Waals surface area contributed by atoms with Crippen molar-refractivity contribution < 1.29 is 23.5 Å². The summed E-state index contributed by atoms with van der Waals surface area (Å²) >= 11 is 3.31. The van der Waals surface area contributed by atoms with E-state index in [0.717, 1.165) is 4.47 Å². The molecule has 3 aromatic rings. The van der Waals surface area contributed by atoms with Crippen molar-refractivity contribution in [1.82, 2.24) is 5.43 Å². The quantitative estimate of drug-likeness (QED) is 0.247. The van der Waals surface area contributed by atoms with Gasteiger partial charge in [0, 0.05) is 4.47 Å². The van der Waals surface area contributed by atoms with Crippen LogP contribution in [0.1, 0.15) is 26.3 Å². The number of ether oxygens (including phenoxy) is 2. The lowest BCUT2D eigenvalue weighted by molar-refractivity contribution is 0.0729. The molecule has 0 spiro atoms. The first kappa shape index (κ1) is 21.2. The molecule has 0 heterocycles. The SMILES string of the molecule is COc1cc(/C=N/NC(=O)c2ccccc2F)ccc1OC(=O)c1cccc(Br)c1. The number of hydrogen-bond donors (Lipinski definition) is 1. The number of rotatable bonds is 6. The van der Waals surface area contributed by atoms with E-state index in [4.69, 9.17) is 9.47 Å². The molecule has 0 aliphatic heterocycles. The Kier molecular flexibility index (Phi) is 6.92. The van der Waals surface area contributed by atoms with Gasteiger partial charge in [0.1, 0.15) is 5.82 Å². The number of halogens is 2. The van der Waals surface area contributed by atoms with Gasteiger partial charge >= 0.3 is 5.97 Å². The molecular formula is C22H16BrFN2O4. The number of hydrogen-bond acceptors (Lipinski definition) is 5. The van der Waals surface area contributed by atoms with Crippen LogP contribution < -0.4 is 14.9 Å². The highest BCUT2D eigenvalue weighted by molar-refractivity contribution is 9.10. The largest absolute Gasteiger partial charge is 0.493 e. The molecule has 3 aromatic carbocycles. The first-order valence-corrected chi connectivity index (χ1v) is 9.51. The van der Waals surface area contributed by atoms with Gasteiger partial charge in [0.25, 0.3) is 5.91 Å². The van der Waals surface area contributed by atoms with Gasteiger partial charge < -0.3 is 9.47 Å². The van der Waals surface area contributed by atoms with Gasteiger partial charge in [-0.15, -0.1) is 0 Å². The molecule has 0 fully saturated rings. The highest BCUT2D eigenvalue weighted by atomic mass is 79.9. The lowest BCUT2D eigenvalue weighted by Gasteiger charge is -2.10. The highest BCUT2D eigenvalue weighted by Crippen LogP contribution is 2.28. The minimum Gasteiger partial charge on any atom is -0.493 e. The second-order valence-electron chi connectivity index (χ2n) is 5.99. The van der Waals surface area contributed by atoms with Crippen LogP contribution in [0.3, 0.4) is 0 Å². The van der Waals surface area contributed by atoms with Gasteiger partial charge in [-0.1, -0.05) is 34.1 Å². The molecule has 0 aromatic heterocycles. The van der Waals surface area contributed by atoms with E-state index in [1.54, 1.807) is 48.5 Å². The Balaban J connectivity index is 1.69. The van der Waals surface area contributed by atoms with Gasteiger partial charge in [0.05, 0.1) is 24.5 Å². The predicted octanol–water partition coefficient (Wildman–Crippen LogP) is 4.58. The molecule has 0 bridgehead atoms. The topological polar surface area (TPSA) is 77.0 Å². The number of esters is 1. The standard InChI is InChI=1S/C22H16BrFN2O4/c1-29-20-11-14(13-25-26-21(27)17-7-2-3-8-18(17)24)9-10-19(20)30-22(28)15-5-4-6-16(23)12-15/h2-13H,1H3,(H,26,27)/b25-13+. The molecule has 1 N–H and O–H groups in total. The van der Waals surface area contributed by atoms with Crippen LogP contribution >= 0.6 is 15.9 Å². The Morgan fingerprint density at radius 3 is 2.57 bits per heavy atom. The minimum absolute atomic E-state index is 0.109. The van der Waals surface area contributed by atoms with Crippen molar-refractivity contribution in [3.05, 3.63) is 93.7 Å². The zero-order valence-corrected chi connectivity index (χ0v) is 17.4. The lowest BCUT2D eigenvalue weighted by atomic mass is 10.2. The van der Waals surface area contributed by atoms with E-state index >= 15 is 0 Å². The molecule has 1 amide bonds. The van der Waals surface area contributed by atoms with Crippen LogP contribution in [0, 0.1) is 5.82 Å². The Labute approximate surface area is 180 Å². The monoisotopic (exact) mass is 470 g/mol. The Morgan fingerprint density at radius 1 is 1.03 bits per heavy atom. The Bertz CT molecular complexity index is 1120. The number of nitrogens with zero attached hydrogens (tertiary/aromatic N) is 1. The van der Waals surface area contributed by atoms with Crippen molar-refractivity contribution in [2.24, 2.45) is 5.10 Å². The van der Waals surface area contributed by atoms with Gasteiger partial charge in [0.15, 0.2) is 11.5 Å². The number of amides is 1.